The van der Waals surface area contributed by atoms with Crippen molar-refractivity contribution < 1.29 is 14.4 Å². The highest BCUT2D eigenvalue weighted by Gasteiger charge is 2.37. The van der Waals surface area contributed by atoms with Gasteiger partial charge in [-0.2, -0.15) is 5.10 Å². The van der Waals surface area contributed by atoms with Crippen molar-refractivity contribution in [2.24, 2.45) is 18.2 Å². The number of fused-ring (bicyclic) bond motifs is 2. The maximum atomic E-state index is 13.7. The van der Waals surface area contributed by atoms with Gasteiger partial charge in [0.05, 0.1) is 28.3 Å². The van der Waals surface area contributed by atoms with Crippen molar-refractivity contribution in [2.45, 2.75) is 20.4 Å². The first-order valence-corrected chi connectivity index (χ1v) is 12.4. The summed E-state index contributed by atoms with van der Waals surface area (Å²) in [6, 6.07) is 7.52. The fourth-order valence-corrected chi connectivity index (χ4v) is 5.22. The van der Waals surface area contributed by atoms with Crippen molar-refractivity contribution in [1.82, 2.24) is 24.5 Å². The van der Waals surface area contributed by atoms with Crippen molar-refractivity contribution in [3.8, 4) is 11.1 Å². The Bertz CT molecular complexity index is 1430. The lowest BCUT2D eigenvalue weighted by Gasteiger charge is -2.32. The molecule has 0 aliphatic carbocycles. The number of aromatic nitrogens is 2. The number of carbonyl (C=O) groups excluding carboxylic acids is 3. The standard InChI is InChI=1S/C27H33N7O3/c1-27(2,26(29)37)15-34-14-20-17(5-6-21(28)23(20)25(34)36)16-11-18(19-13-30-32(4)22(19)12-16)24(35)33-9-7-31(3)8-10-33/h5-6,11-13H,7-10,14-15,28H2,1-4H3,(H2,29,37). The molecule has 2 aliphatic heterocycles. The van der Waals surface area contributed by atoms with Gasteiger partial charge in [-0.15, -0.1) is 0 Å². The number of primary amides is 1. The van der Waals surface area contributed by atoms with Crippen LogP contribution in [0.15, 0.2) is 30.5 Å². The van der Waals surface area contributed by atoms with Gasteiger partial charge in [-0.1, -0.05) is 6.07 Å². The Hall–Kier alpha value is -3.92. The number of carbonyl (C=O) groups is 3. The number of nitrogens with zero attached hydrogens (tertiary/aromatic N) is 5. The summed E-state index contributed by atoms with van der Waals surface area (Å²) >= 11 is 0. The molecule has 3 amide bonds. The minimum Gasteiger partial charge on any atom is -0.398 e. The van der Waals surface area contributed by atoms with E-state index in [9.17, 15) is 14.4 Å². The van der Waals surface area contributed by atoms with Gasteiger partial charge >= 0.3 is 0 Å². The molecule has 2 aliphatic rings. The monoisotopic (exact) mass is 503 g/mol. The van der Waals surface area contributed by atoms with E-state index in [1.54, 1.807) is 35.7 Å². The number of nitrogens with two attached hydrogens (primary N) is 2. The molecule has 5 rings (SSSR count). The number of hydrogen-bond acceptors (Lipinski definition) is 6. The predicted molar refractivity (Wildman–Crippen MR) is 142 cm³/mol. The normalized spacial score (nSPS) is 16.5. The van der Waals surface area contributed by atoms with Crippen LogP contribution in [0.25, 0.3) is 22.0 Å². The first kappa shape index (κ1) is 24.8. The fraction of sp³-hybridized carbons (Fsp3) is 0.407. The lowest BCUT2D eigenvalue weighted by atomic mass is 9.92. The number of benzene rings is 2. The van der Waals surface area contributed by atoms with E-state index >= 15 is 0 Å². The Kier molecular flexibility index (Phi) is 5.94. The average Bonchev–Trinajstić information content (AvgIpc) is 3.38. The summed E-state index contributed by atoms with van der Waals surface area (Å²) in [6.45, 7) is 6.92. The Morgan fingerprint density at radius 3 is 2.46 bits per heavy atom. The number of amides is 3. The zero-order chi connectivity index (χ0) is 26.6. The van der Waals surface area contributed by atoms with E-state index in [4.69, 9.17) is 11.5 Å². The molecule has 194 valence electrons. The first-order chi connectivity index (χ1) is 17.5. The summed E-state index contributed by atoms with van der Waals surface area (Å²) in [4.78, 5) is 44.7. The van der Waals surface area contributed by atoms with E-state index in [1.165, 1.54) is 0 Å². The van der Waals surface area contributed by atoms with Gasteiger partial charge in [0.1, 0.15) is 0 Å². The molecular formula is C27H33N7O3. The predicted octanol–water partition coefficient (Wildman–Crippen LogP) is 1.68. The van der Waals surface area contributed by atoms with E-state index in [0.717, 1.165) is 40.7 Å². The summed E-state index contributed by atoms with van der Waals surface area (Å²) in [5.41, 5.74) is 15.6. The van der Waals surface area contributed by atoms with Gasteiger partial charge in [-0.05, 0) is 55.8 Å². The van der Waals surface area contributed by atoms with Crippen LogP contribution in [0, 0.1) is 5.41 Å². The average molecular weight is 504 g/mol. The number of nitrogen functional groups attached to an aromatic ring is 1. The smallest absolute Gasteiger partial charge is 0.256 e. The zero-order valence-electron chi connectivity index (χ0n) is 21.7. The zero-order valence-corrected chi connectivity index (χ0v) is 21.7. The van der Waals surface area contributed by atoms with Gasteiger partial charge in [0.25, 0.3) is 11.8 Å². The molecule has 10 nitrogen and oxygen atoms in total. The fourth-order valence-electron chi connectivity index (χ4n) is 5.22. The lowest BCUT2D eigenvalue weighted by Crippen LogP contribution is -2.47. The third-order valence-electron chi connectivity index (χ3n) is 7.65. The SMILES string of the molecule is CN1CCN(C(=O)c2cc(-c3ccc(N)c4c3CN(CC(C)(C)C(N)=O)C4=O)cc3c2cnn3C)CC1. The quantitative estimate of drug-likeness (QED) is 0.510. The number of anilines is 1. The molecule has 0 unspecified atom stereocenters. The largest absolute Gasteiger partial charge is 0.398 e. The van der Waals surface area contributed by atoms with E-state index in [1.807, 2.05) is 30.1 Å². The lowest BCUT2D eigenvalue weighted by molar-refractivity contribution is -0.126. The maximum Gasteiger partial charge on any atom is 0.256 e. The summed E-state index contributed by atoms with van der Waals surface area (Å²) in [5.74, 6) is -0.724. The van der Waals surface area contributed by atoms with Gasteiger partial charge in [-0.3, -0.25) is 19.1 Å². The number of likely N-dealkylation sites (N-methyl/N-ethyl adjacent to an activating group) is 1. The second kappa shape index (κ2) is 8.88. The minimum absolute atomic E-state index is 0.0269. The van der Waals surface area contributed by atoms with Gasteiger partial charge in [-0.25, -0.2) is 0 Å². The van der Waals surface area contributed by atoms with E-state index in [-0.39, 0.29) is 18.4 Å². The molecular weight excluding hydrogens is 470 g/mol. The molecule has 1 fully saturated rings. The summed E-state index contributed by atoms with van der Waals surface area (Å²) in [5, 5.41) is 5.20. The summed E-state index contributed by atoms with van der Waals surface area (Å²) in [7, 11) is 3.90. The molecule has 4 N–H and O–H groups in total. The van der Waals surface area contributed by atoms with Crippen molar-refractivity contribution in [3.05, 3.63) is 47.2 Å². The highest BCUT2D eigenvalue weighted by Crippen LogP contribution is 2.39. The van der Waals surface area contributed by atoms with Crippen LogP contribution in [0.2, 0.25) is 0 Å². The molecule has 1 aromatic heterocycles. The van der Waals surface area contributed by atoms with Crippen LogP contribution in [0.3, 0.4) is 0 Å². The van der Waals surface area contributed by atoms with Crippen molar-refractivity contribution in [3.63, 3.8) is 0 Å². The molecule has 3 heterocycles. The molecule has 0 bridgehead atoms. The van der Waals surface area contributed by atoms with Gasteiger partial charge < -0.3 is 26.2 Å². The highest BCUT2D eigenvalue weighted by atomic mass is 16.2. The topological polar surface area (TPSA) is 131 Å². The van der Waals surface area contributed by atoms with Crippen LogP contribution in [0.4, 0.5) is 5.69 Å². The molecule has 3 aromatic rings. The molecule has 10 heteroatoms. The minimum atomic E-state index is -0.887. The van der Waals surface area contributed by atoms with E-state index < -0.39 is 11.3 Å². The van der Waals surface area contributed by atoms with Crippen LogP contribution in [0.1, 0.15) is 40.1 Å². The van der Waals surface area contributed by atoms with Crippen molar-refractivity contribution >= 4 is 34.3 Å². The van der Waals surface area contributed by atoms with Crippen molar-refractivity contribution in [1.29, 1.82) is 0 Å². The number of aryl methyl sites for hydroxylation is 1. The Morgan fingerprint density at radius 2 is 1.78 bits per heavy atom. The summed E-state index contributed by atoms with van der Waals surface area (Å²) in [6.07, 6.45) is 1.73. The highest BCUT2D eigenvalue weighted by molar-refractivity contribution is 6.09. The van der Waals surface area contributed by atoms with Gasteiger partial charge in [0.15, 0.2) is 0 Å². The van der Waals surface area contributed by atoms with E-state index in [2.05, 4.69) is 17.0 Å². The van der Waals surface area contributed by atoms with Crippen LogP contribution < -0.4 is 11.5 Å². The van der Waals surface area contributed by atoms with Crippen LogP contribution in [-0.4, -0.2) is 82.0 Å². The first-order valence-electron chi connectivity index (χ1n) is 12.4. The summed E-state index contributed by atoms with van der Waals surface area (Å²) < 4.78 is 1.75. The van der Waals surface area contributed by atoms with Crippen LogP contribution in [0.5, 0.6) is 0 Å². The van der Waals surface area contributed by atoms with Crippen LogP contribution >= 0.6 is 0 Å². The van der Waals surface area contributed by atoms with E-state index in [0.29, 0.717) is 36.4 Å². The van der Waals surface area contributed by atoms with Crippen molar-refractivity contribution in [2.75, 3.05) is 45.5 Å². The molecule has 0 radical (unpaired) electrons. The third-order valence-corrected chi connectivity index (χ3v) is 7.65. The van der Waals surface area contributed by atoms with Gasteiger partial charge in [0.2, 0.25) is 5.91 Å². The number of piperazine rings is 1. The maximum absolute atomic E-state index is 13.7. The Morgan fingerprint density at radius 1 is 1.08 bits per heavy atom. The third kappa shape index (κ3) is 4.21. The second-order valence-electron chi connectivity index (χ2n) is 10.8. The molecule has 2 aromatic carbocycles. The number of rotatable bonds is 5. The Balaban J connectivity index is 1.59. The molecule has 0 saturated carbocycles. The molecule has 0 atom stereocenters. The van der Waals surface area contributed by atoms with Crippen LogP contribution in [-0.2, 0) is 18.4 Å². The molecule has 1 saturated heterocycles. The van der Waals surface area contributed by atoms with Gasteiger partial charge in [0, 0.05) is 57.4 Å². The molecule has 0 spiro atoms. The Labute approximate surface area is 215 Å². The second-order valence-corrected chi connectivity index (χ2v) is 10.8. The molecule has 37 heavy (non-hydrogen) atoms. The number of hydrogen-bond donors (Lipinski definition) is 2.